The van der Waals surface area contributed by atoms with Gasteiger partial charge in [0.05, 0.1) is 38.7 Å². The van der Waals surface area contributed by atoms with E-state index in [-0.39, 0.29) is 54.7 Å². The predicted octanol–water partition coefficient (Wildman–Crippen LogP) is 23.5. The van der Waals surface area contributed by atoms with Crippen LogP contribution >= 0.6 is 69.6 Å². The molecule has 0 aromatic heterocycles. The van der Waals surface area contributed by atoms with Crippen LogP contribution in [0.2, 0.25) is 0 Å². The summed E-state index contributed by atoms with van der Waals surface area (Å²) in [7, 11) is -14.5. The van der Waals surface area contributed by atoms with Gasteiger partial charge in [-0.3, -0.25) is 62.6 Å². The number of likely N-dealkylation sites (N-methyl/N-ethyl adjacent to an activating group) is 1. The fourth-order valence-corrected chi connectivity index (χ4v) is 18.0. The second kappa shape index (κ2) is 68.9. The number of fused-ring (bicyclic) bond motifs is 4. The molecule has 14 rings (SSSR count). The summed E-state index contributed by atoms with van der Waals surface area (Å²) < 4.78 is 139. The van der Waals surface area contributed by atoms with Crippen molar-refractivity contribution in [3.8, 4) is 0 Å². The second-order valence-electron chi connectivity index (χ2n) is 35.0. The van der Waals surface area contributed by atoms with E-state index in [9.17, 15) is 56.8 Å². The molecule has 0 fully saturated rings. The van der Waals surface area contributed by atoms with Gasteiger partial charge in [0, 0.05) is 112 Å². The van der Waals surface area contributed by atoms with Gasteiger partial charge in [-0.25, -0.2) is 0 Å². The Kier molecular flexibility index (Phi) is 65.3. The maximum atomic E-state index is 11.3. The van der Waals surface area contributed by atoms with Crippen LogP contribution in [0.4, 0.5) is 73.0 Å². The van der Waals surface area contributed by atoms with Gasteiger partial charge in [0.1, 0.15) is 13.1 Å². The molecule has 0 amide bonds. The Morgan fingerprint density at radius 3 is 1.39 bits per heavy atom. The molecule has 148 heavy (non-hydrogen) atoms. The van der Waals surface area contributed by atoms with E-state index < -0.39 is 63.8 Å². The van der Waals surface area contributed by atoms with Crippen LogP contribution in [0, 0.1) is 34.6 Å². The normalized spacial score (nSPS) is 15.9. The second-order valence-corrected chi connectivity index (χ2v) is 40.0. The van der Waals surface area contributed by atoms with Crippen molar-refractivity contribution >= 4 is 172 Å². The molecule has 3 aliphatic carbocycles. The Bertz CT molecular complexity index is 6060. The Morgan fingerprint density at radius 2 is 0.959 bits per heavy atom. The molecule has 0 spiro atoms. The molecular formula is C110H137B3Cl6F12MnN7O8S-. The van der Waals surface area contributed by atoms with Crippen molar-refractivity contribution in [2.75, 3.05) is 56.1 Å². The third kappa shape index (κ3) is 44.2. The van der Waals surface area contributed by atoms with Gasteiger partial charge >= 0.3 is 57.1 Å². The molecule has 38 heteroatoms. The number of nitrogens with one attached hydrogen (secondary N) is 1. The molecule has 7 aromatic carbocycles. The molecule has 4 heterocycles. The number of aryl methyl sites for hydroxylation is 5. The van der Waals surface area contributed by atoms with E-state index in [1.165, 1.54) is 129 Å². The molecule has 0 saturated heterocycles. The SMILES string of the molecule is C.C=C/C=C1\CCC(/C=C/C2=[N+](CC)c3ccc(C)cc3C2(C)C)=C1Cl.CC(=O)OC(C)=O.CC1=Nc2ccc(C)cc2C1(C)C.CCN(CC)CC.CCN1/C(=C/C=C2\C=CC(/C=C/C3=[N+](CC)c4ccc(C)cc4C3(C)C)=C2Cl)C(C)(C)c2cc(C)ccc21.CCOS(=O)(=O)c1ccc(C)cc1.ClC(Cl)Cl.ClC1=C(C=Nc2ccccc2)CC/C1=C\Nc1ccccc1.FB(F)F.FB(F)F.FB(F)F.[F-].[F-].[F-].[O]=[Mn]=[O]. The molecule has 7 aromatic rings. The van der Waals surface area contributed by atoms with E-state index in [0.717, 1.165) is 105 Å². The zero-order chi connectivity index (χ0) is 109. The van der Waals surface area contributed by atoms with E-state index in [2.05, 4.69) is 303 Å². The average molecular weight is 2250 g/mol. The standard InChI is InChI=1S/C35H40ClN2.C23H27ClN.C19H17ClN2.C12H15N.C9H12O3S.C6H15N.C4H6O3.CHCl3.CH4.3BF3.3FH.Mn.2O/c1-9-37-29-17-11-23(3)21-27(29)34(5,6)31(37)19-15-25-13-14-26(33(25)36)16-20-32-35(7,8)28-22-24(4)12-18-30(28)38(32)10-2;1-6-8-17-10-11-18(22(17)24)12-14-21-23(4,5)19-15-16(3)9-13-20(19)25(21)7-2;20-19-15(13-21-17-7-3-1-4-8-17)11-12-16(19)14-22-18-9-5-2-6-10-18;1-8-5-6-11-10(7-8)12(3,4)9(2)13-11;1-3-12-13(10,11)9-6-4-8(2)5-7-9;1-4-7(5-2)6-3;1-3(5)7-4(2)6;2-1(3)4;;3*2-1(3)4;;;;;;/h11-22H,9-10H2,1-8H3;6,8-9,12-15H,1,7,10-11H2,2-5H3;1-10,13-14,21H,11-12H2;5-7H,1-4H3;4-7H,3H2,1-2H3;4-6H2,1-3H3;1-2H3;1H;1H4;;;;3*1H;;;/q2*+1;;;;;;;;;;;;;;;;/p-3/b;14-12+,17-8+;15-13+,22-14?;;;;;;;;;;;;;;;. The molecule has 1 N–H and O–H groups in total. The van der Waals surface area contributed by atoms with Crippen LogP contribution in [0.25, 0.3) is 0 Å². The van der Waals surface area contributed by atoms with Gasteiger partial charge in [-0.05, 0) is 260 Å². The fourth-order valence-electron chi connectivity index (χ4n) is 16.2. The van der Waals surface area contributed by atoms with Crippen LogP contribution in [0.15, 0.2) is 300 Å². The van der Waals surface area contributed by atoms with Crippen molar-refractivity contribution in [1.29, 1.82) is 0 Å². The molecule has 809 valence electrons. The molecule has 15 nitrogen and oxygen atoms in total. The first-order valence-electron chi connectivity index (χ1n) is 46.7. The van der Waals surface area contributed by atoms with Crippen molar-refractivity contribution in [2.45, 2.75) is 223 Å². The van der Waals surface area contributed by atoms with Gasteiger partial charge in [-0.15, -0.1) is 0 Å². The summed E-state index contributed by atoms with van der Waals surface area (Å²) in [5.74, 6) is -1.12. The molecule has 0 saturated carbocycles. The van der Waals surface area contributed by atoms with Crippen LogP contribution in [0.1, 0.15) is 208 Å². The van der Waals surface area contributed by atoms with Crippen LogP contribution < -0.4 is 24.3 Å². The van der Waals surface area contributed by atoms with Gasteiger partial charge in [0.2, 0.25) is 11.4 Å². The molecular weight excluding hydrogens is 2110 g/mol. The number of alkyl halides is 3. The Morgan fingerprint density at radius 1 is 0.541 bits per heavy atom. The van der Waals surface area contributed by atoms with Gasteiger partial charge in [-0.1, -0.05) is 281 Å². The van der Waals surface area contributed by atoms with Crippen molar-refractivity contribution in [3.63, 3.8) is 0 Å². The molecule has 4 aliphatic heterocycles. The van der Waals surface area contributed by atoms with Crippen molar-refractivity contribution < 1.29 is 112 Å². The van der Waals surface area contributed by atoms with Crippen LogP contribution in [0.3, 0.4) is 0 Å². The van der Waals surface area contributed by atoms with Crippen LogP contribution in [-0.2, 0) is 72.8 Å². The number of hydrogen-bond donors (Lipinski definition) is 1. The minimum atomic E-state index is -3.67. The van der Waals surface area contributed by atoms with Crippen molar-refractivity contribution in [1.82, 2.24) is 4.90 Å². The summed E-state index contributed by atoms with van der Waals surface area (Å²) in [4.78, 5) is 33.7. The third-order valence-electron chi connectivity index (χ3n) is 23.6. The molecule has 0 bridgehead atoms. The first kappa shape index (κ1) is 140. The first-order valence-corrected chi connectivity index (χ1v) is 51.5. The van der Waals surface area contributed by atoms with Gasteiger partial charge in [0.25, 0.3) is 10.1 Å². The number of ether oxygens (including phenoxy) is 1. The molecule has 0 unspecified atom stereocenters. The number of halogens is 18. The average Bonchev–Trinajstić information content (AvgIpc) is 1.60. The number of nitrogens with zero attached hydrogens (tertiary/aromatic N) is 6. The van der Waals surface area contributed by atoms with E-state index in [4.69, 9.17) is 77.3 Å². The molecule has 0 atom stereocenters. The first-order chi connectivity index (χ1) is 67.6. The molecule has 7 aliphatic rings. The monoisotopic (exact) mass is 2240 g/mol. The summed E-state index contributed by atoms with van der Waals surface area (Å²) >= 11 is 32.9. The van der Waals surface area contributed by atoms with Gasteiger partial charge < -0.3 is 34.0 Å². The zero-order valence-electron chi connectivity index (χ0n) is 87.3. The van der Waals surface area contributed by atoms with E-state index >= 15 is 0 Å². The van der Waals surface area contributed by atoms with E-state index in [0.29, 0.717) is 0 Å². The third-order valence-corrected chi connectivity index (χ3v) is 26.4. The van der Waals surface area contributed by atoms with E-state index in [1.807, 2.05) is 92.2 Å². The molecule has 0 radical (unpaired) electrons. The number of carbonyl (C=O) groups excluding carboxylic acids is 2. The number of esters is 2. The van der Waals surface area contributed by atoms with Gasteiger partial charge in [0.15, 0.2) is 15.7 Å². The van der Waals surface area contributed by atoms with E-state index in [1.54, 1.807) is 31.2 Å². The number of para-hydroxylation sites is 2. The van der Waals surface area contributed by atoms with Crippen LogP contribution in [-0.4, -0.2) is 131 Å². The number of benzene rings is 7. The number of aliphatic imine (C=N–C) groups is 2. The Hall–Kier alpha value is -9.82. The zero-order valence-corrected chi connectivity index (χ0v) is 93.8. The maximum absolute atomic E-state index is 11.3. The van der Waals surface area contributed by atoms with Crippen molar-refractivity contribution in [3.05, 3.63) is 336 Å². The number of hydrogen-bond acceptors (Lipinski definition) is 13. The summed E-state index contributed by atoms with van der Waals surface area (Å²) in [6, 6.07) is 53.4. The number of allylic oxidation sites excluding steroid dienone is 20. The van der Waals surface area contributed by atoms with Crippen molar-refractivity contribution in [2.24, 2.45) is 9.98 Å². The fraction of sp³-hybridized carbons (Fsp3) is 0.364. The Balaban J connectivity index is 0. The number of carbonyl (C=O) groups is 2. The topological polar surface area (TPSA) is 170 Å². The van der Waals surface area contributed by atoms with Gasteiger partial charge in [-0.2, -0.15) is 17.6 Å². The number of anilines is 2. The summed E-state index contributed by atoms with van der Waals surface area (Å²) in [6.45, 7) is 58.6. The quantitative estimate of drug-likeness (QED) is 0.0119. The summed E-state index contributed by atoms with van der Waals surface area (Å²) in [5, 5.41) is 5.79. The summed E-state index contributed by atoms with van der Waals surface area (Å²) in [6.07, 6.45) is 29.2. The minimum absolute atomic E-state index is 0. The predicted molar refractivity (Wildman–Crippen MR) is 588 cm³/mol. The number of rotatable bonds is 19. The summed E-state index contributed by atoms with van der Waals surface area (Å²) in [5.41, 5.74) is 30.9. The van der Waals surface area contributed by atoms with Crippen LogP contribution in [0.5, 0.6) is 0 Å². The Labute approximate surface area is 906 Å².